The van der Waals surface area contributed by atoms with Crippen molar-refractivity contribution in [2.24, 2.45) is 0 Å². The first-order valence-corrected chi connectivity index (χ1v) is 5.49. The first-order valence-electron chi connectivity index (χ1n) is 2.97. The fraction of sp³-hybridized carbons (Fsp3) is 0.667. The minimum absolute atomic E-state index is 0.688. The van der Waals surface area contributed by atoms with Crippen LogP contribution in [0.3, 0.4) is 0 Å². The number of hydrogen-bond donors (Lipinski definition) is 1. The van der Waals surface area contributed by atoms with Gasteiger partial charge in [0.25, 0.3) is 0 Å². The minimum atomic E-state index is -0.688. The molecule has 0 aliphatic carbocycles. The van der Waals surface area contributed by atoms with Gasteiger partial charge in [-0.15, -0.1) is 0 Å². The third-order valence-electron chi connectivity index (χ3n) is 0.883. The summed E-state index contributed by atoms with van der Waals surface area (Å²) in [6.45, 7) is 5.18. The molecule has 10 heavy (non-hydrogen) atoms. The Bertz CT molecular complexity index is 122. The molecule has 0 amide bonds. The third-order valence-corrected chi connectivity index (χ3v) is 1.94. The fourth-order valence-electron chi connectivity index (χ4n) is 0.440. The second kappa shape index (κ2) is 6.07. The van der Waals surface area contributed by atoms with Gasteiger partial charge in [-0.25, -0.2) is 0 Å². The molecule has 0 aromatic rings. The largest absolute Gasteiger partial charge is 0.311 e. The molecule has 0 aromatic heterocycles. The fourth-order valence-corrected chi connectivity index (χ4v) is 1.07. The predicted octanol–water partition coefficient (Wildman–Crippen LogP) is 0.863. The highest BCUT2D eigenvalue weighted by Crippen LogP contribution is 1.95. The van der Waals surface area contributed by atoms with Crippen molar-refractivity contribution in [3.63, 3.8) is 0 Å². The van der Waals surface area contributed by atoms with Gasteiger partial charge in [-0.3, -0.25) is 4.21 Å². The second-order valence-electron chi connectivity index (χ2n) is 1.97. The van der Waals surface area contributed by atoms with Crippen LogP contribution in [-0.2, 0) is 10.8 Å². The number of rotatable bonds is 5. The smallest absolute Gasteiger partial charge is 0.0357 e. The van der Waals surface area contributed by atoms with E-state index in [9.17, 15) is 4.21 Å². The average Bonchev–Trinajstić information content (AvgIpc) is 1.79. The Morgan fingerprint density at radius 1 is 1.80 bits per heavy atom. The Morgan fingerprint density at radius 3 is 2.80 bits per heavy atom. The van der Waals surface area contributed by atoms with Gasteiger partial charge in [0, 0.05) is 40.4 Å². The van der Waals surface area contributed by atoms with Crippen molar-refractivity contribution in [3.05, 3.63) is 11.1 Å². The van der Waals surface area contributed by atoms with E-state index < -0.39 is 10.8 Å². The van der Waals surface area contributed by atoms with Crippen LogP contribution in [0.25, 0.3) is 0 Å². The lowest BCUT2D eigenvalue weighted by Gasteiger charge is -1.99. The lowest BCUT2D eigenvalue weighted by atomic mass is 10.6. The molecule has 0 aliphatic rings. The van der Waals surface area contributed by atoms with Crippen molar-refractivity contribution in [2.75, 3.05) is 25.1 Å². The van der Waals surface area contributed by atoms with Crippen LogP contribution in [0.15, 0.2) is 11.1 Å². The zero-order valence-electron chi connectivity index (χ0n) is 6.02. The average molecular weight is 226 g/mol. The maximum atomic E-state index is 10.5. The quantitative estimate of drug-likeness (QED) is 0.704. The van der Waals surface area contributed by atoms with E-state index in [0.717, 1.165) is 17.6 Å². The van der Waals surface area contributed by atoms with Gasteiger partial charge in [-0.05, 0) is 0 Å². The zero-order valence-corrected chi connectivity index (χ0v) is 8.43. The van der Waals surface area contributed by atoms with E-state index in [1.165, 1.54) is 0 Å². The van der Waals surface area contributed by atoms with Crippen LogP contribution in [0.1, 0.15) is 0 Å². The number of halogens is 1. The molecule has 0 fully saturated rings. The van der Waals surface area contributed by atoms with E-state index in [0.29, 0.717) is 5.75 Å². The summed E-state index contributed by atoms with van der Waals surface area (Å²) in [5.41, 5.74) is 0. The molecule has 0 aromatic carbocycles. The Balaban J connectivity index is 3.06. The molecule has 0 aliphatic heterocycles. The van der Waals surface area contributed by atoms with E-state index >= 15 is 0 Å². The Kier molecular flexibility index (Phi) is 6.27. The van der Waals surface area contributed by atoms with E-state index in [1.54, 1.807) is 6.26 Å². The summed E-state index contributed by atoms with van der Waals surface area (Å²) in [6.07, 6.45) is 1.70. The third kappa shape index (κ3) is 8.33. The number of hydrogen-bond acceptors (Lipinski definition) is 2. The Morgan fingerprint density at radius 2 is 2.40 bits per heavy atom. The van der Waals surface area contributed by atoms with E-state index in [2.05, 4.69) is 27.8 Å². The van der Waals surface area contributed by atoms with Gasteiger partial charge in [0.2, 0.25) is 0 Å². The Hall–Kier alpha value is 0.330. The van der Waals surface area contributed by atoms with Crippen LogP contribution in [0.4, 0.5) is 0 Å². The molecule has 0 heterocycles. The highest BCUT2D eigenvalue weighted by molar-refractivity contribution is 9.11. The summed E-state index contributed by atoms with van der Waals surface area (Å²) in [5.74, 6) is 0.709. The van der Waals surface area contributed by atoms with Crippen LogP contribution < -0.4 is 5.32 Å². The van der Waals surface area contributed by atoms with Crippen molar-refractivity contribution in [1.82, 2.24) is 5.32 Å². The molecule has 4 heteroatoms. The molecule has 0 spiro atoms. The van der Waals surface area contributed by atoms with Gasteiger partial charge in [-0.1, -0.05) is 22.5 Å². The van der Waals surface area contributed by atoms with Crippen LogP contribution in [0.5, 0.6) is 0 Å². The molecule has 1 unspecified atom stereocenters. The van der Waals surface area contributed by atoms with Crippen molar-refractivity contribution in [2.45, 2.75) is 0 Å². The highest BCUT2D eigenvalue weighted by atomic mass is 79.9. The van der Waals surface area contributed by atoms with Crippen LogP contribution >= 0.6 is 15.9 Å². The van der Waals surface area contributed by atoms with Gasteiger partial charge in [0.15, 0.2) is 0 Å². The SMILES string of the molecule is C=C(Br)CNCCS(C)=O. The summed E-state index contributed by atoms with van der Waals surface area (Å²) >= 11 is 3.21. The normalized spacial score (nSPS) is 13.0. The minimum Gasteiger partial charge on any atom is -0.311 e. The summed E-state index contributed by atoms with van der Waals surface area (Å²) in [5, 5.41) is 3.08. The van der Waals surface area contributed by atoms with Crippen molar-refractivity contribution in [3.8, 4) is 0 Å². The van der Waals surface area contributed by atoms with Crippen LogP contribution in [0.2, 0.25) is 0 Å². The molecule has 60 valence electrons. The van der Waals surface area contributed by atoms with Gasteiger partial charge >= 0.3 is 0 Å². The second-order valence-corrected chi connectivity index (χ2v) is 4.65. The first kappa shape index (κ1) is 10.3. The molecule has 0 radical (unpaired) electrons. The molecule has 1 atom stereocenters. The summed E-state index contributed by atoms with van der Waals surface area (Å²) in [7, 11) is -0.688. The van der Waals surface area contributed by atoms with Crippen molar-refractivity contribution >= 4 is 26.7 Å². The molecule has 0 bridgehead atoms. The van der Waals surface area contributed by atoms with Gasteiger partial charge in [0.1, 0.15) is 0 Å². The van der Waals surface area contributed by atoms with Crippen LogP contribution in [0, 0.1) is 0 Å². The monoisotopic (exact) mass is 225 g/mol. The first-order chi connectivity index (χ1) is 4.63. The molecular weight excluding hydrogens is 214 g/mol. The standard InChI is InChI=1S/C6H12BrNOS/c1-6(7)5-8-3-4-10(2)9/h8H,1,3-5H2,2H3. The molecule has 0 saturated heterocycles. The zero-order chi connectivity index (χ0) is 7.98. The van der Waals surface area contributed by atoms with Crippen LogP contribution in [-0.4, -0.2) is 29.3 Å². The molecule has 1 N–H and O–H groups in total. The van der Waals surface area contributed by atoms with Gasteiger partial charge in [0.05, 0.1) is 0 Å². The Labute approximate surface area is 72.7 Å². The molecule has 0 saturated carbocycles. The lowest BCUT2D eigenvalue weighted by Crippen LogP contribution is -2.21. The number of nitrogens with one attached hydrogen (secondary N) is 1. The van der Waals surface area contributed by atoms with Gasteiger partial charge in [-0.2, -0.15) is 0 Å². The van der Waals surface area contributed by atoms with E-state index in [4.69, 9.17) is 0 Å². The topological polar surface area (TPSA) is 29.1 Å². The van der Waals surface area contributed by atoms with Crippen molar-refractivity contribution < 1.29 is 4.21 Å². The van der Waals surface area contributed by atoms with E-state index in [-0.39, 0.29) is 0 Å². The highest BCUT2D eigenvalue weighted by Gasteiger charge is 1.90. The maximum Gasteiger partial charge on any atom is 0.0357 e. The molecule has 2 nitrogen and oxygen atoms in total. The summed E-state index contributed by atoms with van der Waals surface area (Å²) in [6, 6.07) is 0. The lowest BCUT2D eigenvalue weighted by molar-refractivity contribution is 0.682. The van der Waals surface area contributed by atoms with Crippen molar-refractivity contribution in [1.29, 1.82) is 0 Å². The summed E-state index contributed by atoms with van der Waals surface area (Å²) < 4.78 is 11.5. The summed E-state index contributed by atoms with van der Waals surface area (Å²) in [4.78, 5) is 0. The molecular formula is C6H12BrNOS. The predicted molar refractivity (Wildman–Crippen MR) is 49.9 cm³/mol. The maximum absolute atomic E-state index is 10.5. The molecule has 0 rings (SSSR count). The van der Waals surface area contributed by atoms with E-state index in [1.807, 2.05) is 0 Å². The van der Waals surface area contributed by atoms with Gasteiger partial charge < -0.3 is 5.32 Å².